The van der Waals surface area contributed by atoms with E-state index in [4.69, 9.17) is 4.99 Å². The number of nitrogens with zero attached hydrogens (tertiary/aromatic N) is 1. The highest BCUT2D eigenvalue weighted by molar-refractivity contribution is 6.14. The zero-order valence-electron chi connectivity index (χ0n) is 26.2. The molecular formula is C35H46N4O2. The molecule has 0 saturated heterocycles. The summed E-state index contributed by atoms with van der Waals surface area (Å²) < 4.78 is 0. The largest absolute Gasteiger partial charge is 0.355 e. The van der Waals surface area contributed by atoms with Crippen molar-refractivity contribution < 1.29 is 9.59 Å². The Hall–Kier alpha value is -3.67. The molecule has 6 nitrogen and oxygen atoms in total. The van der Waals surface area contributed by atoms with Gasteiger partial charge in [0, 0.05) is 33.9 Å². The van der Waals surface area contributed by atoms with E-state index in [0.717, 1.165) is 113 Å². The van der Waals surface area contributed by atoms with Crippen molar-refractivity contribution in [3.05, 3.63) is 79.1 Å². The second-order valence-corrected chi connectivity index (χ2v) is 11.4. The Morgan fingerprint density at radius 1 is 0.610 bits per heavy atom. The van der Waals surface area contributed by atoms with Gasteiger partial charge in [0.05, 0.1) is 11.4 Å². The molecule has 1 aromatic heterocycles. The Balaban J connectivity index is 1.78. The quantitative estimate of drug-likeness (QED) is 0.260. The van der Waals surface area contributed by atoms with Crippen LogP contribution in [-0.2, 0) is 16.0 Å². The number of carbonyl (C=O) groups is 2. The van der Waals surface area contributed by atoms with Crippen LogP contribution < -0.4 is 10.6 Å². The number of hydrogen-bond donors (Lipinski definition) is 3. The van der Waals surface area contributed by atoms with Crippen molar-refractivity contribution in [2.45, 2.75) is 107 Å². The number of rotatable bonds is 11. The molecule has 0 bridgehead atoms. The lowest BCUT2D eigenvalue weighted by atomic mass is 9.98. The number of carbonyl (C=O) groups excluding carboxylic acids is 2. The van der Waals surface area contributed by atoms with E-state index < -0.39 is 0 Å². The number of aliphatic imine (C=N–C) groups is 1. The molecule has 0 aliphatic carbocycles. The zero-order valence-corrected chi connectivity index (χ0v) is 26.2. The van der Waals surface area contributed by atoms with Crippen LogP contribution in [-0.4, -0.2) is 22.5 Å². The molecule has 0 saturated carbocycles. The van der Waals surface area contributed by atoms with Crippen molar-refractivity contribution in [3.8, 4) is 0 Å². The summed E-state index contributed by atoms with van der Waals surface area (Å²) in [5, 5.41) is 6.14. The third kappa shape index (κ3) is 6.02. The molecule has 3 aliphatic heterocycles. The highest BCUT2D eigenvalue weighted by atomic mass is 16.2. The number of allylic oxidation sites excluding steroid dienone is 5. The van der Waals surface area contributed by atoms with Gasteiger partial charge >= 0.3 is 0 Å². The van der Waals surface area contributed by atoms with Gasteiger partial charge < -0.3 is 15.6 Å². The smallest absolute Gasteiger partial charge is 0.251 e. The molecule has 0 spiro atoms. The van der Waals surface area contributed by atoms with Gasteiger partial charge in [-0.3, -0.25) is 9.59 Å². The van der Waals surface area contributed by atoms with Crippen LogP contribution in [0.3, 0.4) is 0 Å². The Morgan fingerprint density at radius 3 is 1.88 bits per heavy atom. The Morgan fingerprint density at radius 2 is 1.22 bits per heavy atom. The molecular weight excluding hydrogens is 508 g/mol. The first-order chi connectivity index (χ1) is 19.6. The monoisotopic (exact) mass is 554 g/mol. The number of aromatic amines is 1. The summed E-state index contributed by atoms with van der Waals surface area (Å²) in [5.74, 6) is 0.0100. The fraction of sp³-hybridized carbons (Fsp3) is 0.457. The maximum atomic E-state index is 12.6. The lowest BCUT2D eigenvalue weighted by Crippen LogP contribution is -2.17. The average molecular weight is 555 g/mol. The first-order valence-electron chi connectivity index (χ1n) is 15.3. The summed E-state index contributed by atoms with van der Waals surface area (Å²) in [7, 11) is 0. The summed E-state index contributed by atoms with van der Waals surface area (Å²) in [6.07, 6.45) is 13.9. The van der Waals surface area contributed by atoms with Crippen molar-refractivity contribution in [2.75, 3.05) is 0 Å². The number of H-pyrrole nitrogens is 1. The SMILES string of the molecule is CCCC1=C(C)C(/C=C2\NC(=O)C(CCC)=C2C)=NC1=Cc1[nH]c(/C=C2\NC(=O)C(C)=C2CCC)c(C)c1CCC. The van der Waals surface area contributed by atoms with Gasteiger partial charge in [0.1, 0.15) is 0 Å². The van der Waals surface area contributed by atoms with Crippen LogP contribution in [0, 0.1) is 6.92 Å². The van der Waals surface area contributed by atoms with Gasteiger partial charge in [-0.1, -0.05) is 53.4 Å². The van der Waals surface area contributed by atoms with Crippen LogP contribution in [0.4, 0.5) is 0 Å². The van der Waals surface area contributed by atoms with Crippen LogP contribution in [0.25, 0.3) is 12.2 Å². The van der Waals surface area contributed by atoms with Gasteiger partial charge in [-0.05, 0) is 105 Å². The van der Waals surface area contributed by atoms with E-state index in [-0.39, 0.29) is 11.8 Å². The lowest BCUT2D eigenvalue weighted by molar-refractivity contribution is -0.117. The molecule has 4 rings (SSSR count). The van der Waals surface area contributed by atoms with E-state index in [1.807, 2.05) is 19.9 Å². The summed E-state index contributed by atoms with van der Waals surface area (Å²) in [6, 6.07) is 0. The highest BCUT2D eigenvalue weighted by Crippen LogP contribution is 2.35. The van der Waals surface area contributed by atoms with E-state index in [0.29, 0.717) is 0 Å². The molecule has 6 heteroatoms. The maximum absolute atomic E-state index is 12.6. The van der Waals surface area contributed by atoms with Crippen LogP contribution >= 0.6 is 0 Å². The van der Waals surface area contributed by atoms with Crippen LogP contribution in [0.1, 0.15) is 116 Å². The molecule has 0 atom stereocenters. The molecule has 4 heterocycles. The van der Waals surface area contributed by atoms with Crippen LogP contribution in [0.5, 0.6) is 0 Å². The first kappa shape index (κ1) is 30.3. The number of nitrogens with one attached hydrogen (secondary N) is 3. The Kier molecular flexibility index (Phi) is 9.52. The number of hydrogen-bond acceptors (Lipinski definition) is 3. The van der Waals surface area contributed by atoms with Gasteiger partial charge in [0.15, 0.2) is 0 Å². The summed E-state index contributed by atoms with van der Waals surface area (Å²) in [5.41, 5.74) is 14.5. The van der Waals surface area contributed by atoms with E-state index in [2.05, 4.69) is 69.3 Å². The molecule has 3 N–H and O–H groups in total. The van der Waals surface area contributed by atoms with Crippen molar-refractivity contribution in [1.29, 1.82) is 0 Å². The third-order valence-electron chi connectivity index (χ3n) is 8.43. The molecule has 0 aromatic carbocycles. The molecule has 1 aromatic rings. The van der Waals surface area contributed by atoms with Crippen molar-refractivity contribution >= 4 is 29.7 Å². The predicted molar refractivity (Wildman–Crippen MR) is 170 cm³/mol. The fourth-order valence-electron chi connectivity index (χ4n) is 6.04. The average Bonchev–Trinajstić information content (AvgIpc) is 3.57. The molecule has 41 heavy (non-hydrogen) atoms. The molecule has 0 radical (unpaired) electrons. The number of amides is 2. The minimum Gasteiger partial charge on any atom is -0.355 e. The van der Waals surface area contributed by atoms with E-state index in [9.17, 15) is 9.59 Å². The highest BCUT2D eigenvalue weighted by Gasteiger charge is 2.27. The van der Waals surface area contributed by atoms with Gasteiger partial charge in [-0.2, -0.15) is 0 Å². The van der Waals surface area contributed by atoms with Crippen molar-refractivity contribution in [2.24, 2.45) is 4.99 Å². The minimum absolute atomic E-state index is 0.00265. The first-order valence-corrected chi connectivity index (χ1v) is 15.3. The minimum atomic E-state index is -0.00265. The lowest BCUT2D eigenvalue weighted by Gasteiger charge is -2.05. The standard InChI is InChI=1S/C35H46N4O2/c1-9-13-24-20(5)28(17-30-22(7)27(16-12-4)35(41)38-30)36-31(24)19-32-25(14-10-2)21(6)29(37-32)18-33-26(15-11-3)23(8)34(40)39-33/h17-19,37H,9-16H2,1-8H3,(H,38,41)(H,39,40)/b30-17-,31-19?,33-18-. The van der Waals surface area contributed by atoms with Gasteiger partial charge in [-0.25, -0.2) is 4.99 Å². The van der Waals surface area contributed by atoms with Crippen molar-refractivity contribution in [3.63, 3.8) is 0 Å². The fourth-order valence-corrected chi connectivity index (χ4v) is 6.04. The summed E-state index contributed by atoms with van der Waals surface area (Å²) in [4.78, 5) is 33.8. The topological polar surface area (TPSA) is 86.3 Å². The van der Waals surface area contributed by atoms with E-state index in [1.165, 1.54) is 16.7 Å². The third-order valence-corrected chi connectivity index (χ3v) is 8.43. The molecule has 0 fully saturated rings. The van der Waals surface area contributed by atoms with Gasteiger partial charge in [0.2, 0.25) is 0 Å². The summed E-state index contributed by atoms with van der Waals surface area (Å²) in [6.45, 7) is 16.9. The predicted octanol–water partition coefficient (Wildman–Crippen LogP) is 7.91. The van der Waals surface area contributed by atoms with E-state index >= 15 is 0 Å². The molecule has 0 unspecified atom stereocenters. The second-order valence-electron chi connectivity index (χ2n) is 11.4. The molecule has 218 valence electrons. The van der Waals surface area contributed by atoms with Crippen LogP contribution in [0.2, 0.25) is 0 Å². The van der Waals surface area contributed by atoms with Gasteiger partial charge in [-0.15, -0.1) is 0 Å². The van der Waals surface area contributed by atoms with E-state index in [1.54, 1.807) is 0 Å². The van der Waals surface area contributed by atoms with Gasteiger partial charge in [0.25, 0.3) is 11.8 Å². The van der Waals surface area contributed by atoms with Crippen LogP contribution in [0.15, 0.2) is 61.6 Å². The molecule has 3 aliphatic rings. The second kappa shape index (κ2) is 12.9. The maximum Gasteiger partial charge on any atom is 0.251 e. The molecule has 2 amide bonds. The zero-order chi connectivity index (χ0) is 29.8. The Bertz CT molecular complexity index is 1480. The number of aromatic nitrogens is 1. The normalized spacial score (nSPS) is 20.5. The Labute approximate surface area is 245 Å². The van der Waals surface area contributed by atoms with Crippen molar-refractivity contribution in [1.82, 2.24) is 15.6 Å². The summed E-state index contributed by atoms with van der Waals surface area (Å²) >= 11 is 0.